The van der Waals surface area contributed by atoms with E-state index >= 15 is 0 Å². The molecule has 0 aliphatic carbocycles. The Morgan fingerprint density at radius 1 is 1.32 bits per heavy atom. The van der Waals surface area contributed by atoms with E-state index < -0.39 is 0 Å². The fraction of sp³-hybridized carbons (Fsp3) is 0.625. The molecule has 0 saturated heterocycles. The molecule has 0 aromatic heterocycles. The Bertz CT molecular complexity index is 368. The van der Waals surface area contributed by atoms with Gasteiger partial charge in [0.05, 0.1) is 7.11 Å². The summed E-state index contributed by atoms with van der Waals surface area (Å²) in [6.07, 6.45) is 3.11. The molecular formula is C16H28N2O. The highest BCUT2D eigenvalue weighted by Gasteiger charge is 2.13. The van der Waals surface area contributed by atoms with Crippen LogP contribution in [-0.2, 0) is 6.42 Å². The average Bonchev–Trinajstić information content (AvgIpc) is 2.44. The minimum atomic E-state index is 0.320. The molecule has 0 heterocycles. The third kappa shape index (κ3) is 5.21. The molecule has 0 spiro atoms. The van der Waals surface area contributed by atoms with Crippen molar-refractivity contribution in [1.29, 1.82) is 0 Å². The van der Waals surface area contributed by atoms with Crippen LogP contribution in [0.3, 0.4) is 0 Å². The lowest BCUT2D eigenvalue weighted by Gasteiger charge is -2.26. The summed E-state index contributed by atoms with van der Waals surface area (Å²) in [5, 5.41) is 0. The van der Waals surface area contributed by atoms with Gasteiger partial charge in [0.2, 0.25) is 0 Å². The second-order valence-electron chi connectivity index (χ2n) is 5.30. The van der Waals surface area contributed by atoms with Gasteiger partial charge in [-0.3, -0.25) is 0 Å². The van der Waals surface area contributed by atoms with E-state index in [-0.39, 0.29) is 0 Å². The minimum absolute atomic E-state index is 0.320. The van der Waals surface area contributed by atoms with Crippen molar-refractivity contribution in [3.8, 4) is 5.75 Å². The monoisotopic (exact) mass is 264 g/mol. The summed E-state index contributed by atoms with van der Waals surface area (Å²) in [6, 6.07) is 9.05. The Hall–Kier alpha value is -1.06. The van der Waals surface area contributed by atoms with Crippen LogP contribution in [0, 0.1) is 0 Å². The van der Waals surface area contributed by atoms with Crippen molar-refractivity contribution in [1.82, 2.24) is 4.90 Å². The maximum absolute atomic E-state index is 5.97. The van der Waals surface area contributed by atoms with Crippen LogP contribution in [0.15, 0.2) is 24.3 Å². The number of benzene rings is 1. The van der Waals surface area contributed by atoms with Crippen molar-refractivity contribution in [3.63, 3.8) is 0 Å². The van der Waals surface area contributed by atoms with Crippen LogP contribution in [0.2, 0.25) is 0 Å². The van der Waals surface area contributed by atoms with Crippen LogP contribution in [-0.4, -0.2) is 37.7 Å². The number of hydrogen-bond acceptors (Lipinski definition) is 3. The molecule has 19 heavy (non-hydrogen) atoms. The van der Waals surface area contributed by atoms with E-state index in [1.54, 1.807) is 7.11 Å². The molecule has 0 saturated carbocycles. The number of methoxy groups -OCH3 is 1. The summed E-state index contributed by atoms with van der Waals surface area (Å²) in [7, 11) is 3.90. The maximum atomic E-state index is 5.97. The van der Waals surface area contributed by atoms with Crippen LogP contribution in [0.5, 0.6) is 5.75 Å². The first kappa shape index (κ1) is 16.0. The van der Waals surface area contributed by atoms with Gasteiger partial charge in [-0.15, -0.1) is 0 Å². The smallest absolute Gasteiger partial charge is 0.122 e. The molecule has 1 aromatic carbocycles. The predicted molar refractivity (Wildman–Crippen MR) is 81.7 cm³/mol. The number of nitrogens with zero attached hydrogens (tertiary/aromatic N) is 1. The van der Waals surface area contributed by atoms with Gasteiger partial charge >= 0.3 is 0 Å². The number of hydrogen-bond donors (Lipinski definition) is 1. The van der Waals surface area contributed by atoms with Crippen LogP contribution in [0.1, 0.15) is 32.3 Å². The first-order chi connectivity index (χ1) is 9.08. The molecule has 0 aliphatic heterocycles. The second kappa shape index (κ2) is 8.18. The van der Waals surface area contributed by atoms with Gasteiger partial charge in [0.1, 0.15) is 5.75 Å². The number of para-hydroxylation sites is 1. The van der Waals surface area contributed by atoms with Gasteiger partial charge in [-0.1, -0.05) is 25.1 Å². The third-order valence-corrected chi connectivity index (χ3v) is 3.84. The molecule has 108 valence electrons. The van der Waals surface area contributed by atoms with E-state index in [0.717, 1.165) is 31.6 Å². The van der Waals surface area contributed by atoms with Gasteiger partial charge in [0.15, 0.2) is 0 Å². The van der Waals surface area contributed by atoms with Gasteiger partial charge in [-0.2, -0.15) is 0 Å². The Morgan fingerprint density at radius 2 is 2.00 bits per heavy atom. The van der Waals surface area contributed by atoms with Crippen LogP contribution < -0.4 is 10.5 Å². The fourth-order valence-electron chi connectivity index (χ4n) is 2.14. The first-order valence-electron chi connectivity index (χ1n) is 7.16. The standard InChI is InChI=1S/C16H28N2O/c1-5-15(17)10-11-18(3)13(2)12-14-8-6-7-9-16(14)19-4/h6-9,13,15H,5,10-12,17H2,1-4H3. The summed E-state index contributed by atoms with van der Waals surface area (Å²) in [4.78, 5) is 2.38. The summed E-state index contributed by atoms with van der Waals surface area (Å²) in [5.74, 6) is 0.980. The van der Waals surface area contributed by atoms with Crippen LogP contribution >= 0.6 is 0 Å². The average molecular weight is 264 g/mol. The van der Waals surface area contributed by atoms with Crippen molar-refractivity contribution >= 4 is 0 Å². The molecule has 0 bridgehead atoms. The largest absolute Gasteiger partial charge is 0.496 e. The number of rotatable bonds is 8. The van der Waals surface area contributed by atoms with Crippen molar-refractivity contribution in [2.24, 2.45) is 5.73 Å². The minimum Gasteiger partial charge on any atom is -0.496 e. The molecule has 2 N–H and O–H groups in total. The number of ether oxygens (including phenoxy) is 1. The molecule has 1 aromatic rings. The Kier molecular flexibility index (Phi) is 6.89. The predicted octanol–water partition coefficient (Wildman–Crippen LogP) is 2.69. The lowest BCUT2D eigenvalue weighted by Crippen LogP contribution is -2.34. The topological polar surface area (TPSA) is 38.5 Å². The Balaban J connectivity index is 2.51. The molecular weight excluding hydrogens is 236 g/mol. The summed E-state index contributed by atoms with van der Waals surface area (Å²) in [5.41, 5.74) is 7.24. The molecule has 2 unspecified atom stereocenters. The highest BCUT2D eigenvalue weighted by Crippen LogP contribution is 2.20. The van der Waals surface area contributed by atoms with E-state index in [1.165, 1.54) is 5.56 Å². The maximum Gasteiger partial charge on any atom is 0.122 e. The SMILES string of the molecule is CCC(N)CCN(C)C(C)Cc1ccccc1OC. The van der Waals surface area contributed by atoms with E-state index in [2.05, 4.69) is 37.9 Å². The van der Waals surface area contributed by atoms with Crippen molar-refractivity contribution in [2.45, 2.75) is 45.2 Å². The van der Waals surface area contributed by atoms with E-state index in [1.807, 2.05) is 12.1 Å². The molecule has 0 radical (unpaired) electrons. The van der Waals surface area contributed by atoms with E-state index in [9.17, 15) is 0 Å². The molecule has 0 amide bonds. The lowest BCUT2D eigenvalue weighted by atomic mass is 10.0. The number of likely N-dealkylation sites (N-methyl/N-ethyl adjacent to an activating group) is 1. The van der Waals surface area contributed by atoms with Crippen LogP contribution in [0.25, 0.3) is 0 Å². The zero-order chi connectivity index (χ0) is 14.3. The molecule has 3 heteroatoms. The Labute approximate surface area is 117 Å². The van der Waals surface area contributed by atoms with Crippen molar-refractivity contribution in [2.75, 3.05) is 20.7 Å². The summed E-state index contributed by atoms with van der Waals surface area (Å²) >= 11 is 0. The van der Waals surface area contributed by atoms with Crippen molar-refractivity contribution < 1.29 is 4.74 Å². The third-order valence-electron chi connectivity index (χ3n) is 3.84. The zero-order valence-electron chi connectivity index (χ0n) is 12.7. The normalized spacial score (nSPS) is 14.4. The fourth-order valence-corrected chi connectivity index (χ4v) is 2.14. The zero-order valence-corrected chi connectivity index (χ0v) is 12.7. The summed E-state index contributed by atoms with van der Waals surface area (Å²) in [6.45, 7) is 5.44. The lowest BCUT2D eigenvalue weighted by molar-refractivity contribution is 0.244. The van der Waals surface area contributed by atoms with Gasteiger partial charge in [0, 0.05) is 12.1 Å². The quantitative estimate of drug-likeness (QED) is 0.784. The Morgan fingerprint density at radius 3 is 2.63 bits per heavy atom. The molecule has 1 rings (SSSR count). The van der Waals surface area contributed by atoms with E-state index in [0.29, 0.717) is 12.1 Å². The van der Waals surface area contributed by atoms with Gasteiger partial charge in [-0.25, -0.2) is 0 Å². The van der Waals surface area contributed by atoms with Crippen LogP contribution in [0.4, 0.5) is 0 Å². The van der Waals surface area contributed by atoms with Crippen molar-refractivity contribution in [3.05, 3.63) is 29.8 Å². The molecule has 0 aliphatic rings. The molecule has 2 atom stereocenters. The number of nitrogens with two attached hydrogens (primary N) is 1. The molecule has 3 nitrogen and oxygen atoms in total. The van der Waals surface area contributed by atoms with Gasteiger partial charge in [0.25, 0.3) is 0 Å². The first-order valence-corrected chi connectivity index (χ1v) is 7.16. The van der Waals surface area contributed by atoms with Gasteiger partial charge < -0.3 is 15.4 Å². The second-order valence-corrected chi connectivity index (χ2v) is 5.30. The van der Waals surface area contributed by atoms with Gasteiger partial charge in [-0.05, 0) is 51.4 Å². The molecule has 0 fully saturated rings. The van der Waals surface area contributed by atoms with E-state index in [4.69, 9.17) is 10.5 Å². The highest BCUT2D eigenvalue weighted by molar-refractivity contribution is 5.33. The highest BCUT2D eigenvalue weighted by atomic mass is 16.5. The summed E-state index contributed by atoms with van der Waals surface area (Å²) < 4.78 is 5.40.